The number of hydrogen-bond donors (Lipinski definition) is 3. The van der Waals surface area contributed by atoms with Gasteiger partial charge in [-0.3, -0.25) is 0 Å². The van der Waals surface area contributed by atoms with Crippen LogP contribution in [0.3, 0.4) is 0 Å². The number of nitrogens with one attached hydrogen (secondary N) is 2. The fourth-order valence-corrected chi connectivity index (χ4v) is 3.70. The van der Waals surface area contributed by atoms with Crippen molar-refractivity contribution in [3.63, 3.8) is 0 Å². The Bertz CT molecular complexity index is 1120. The highest BCUT2D eigenvalue weighted by molar-refractivity contribution is 5.95. The minimum Gasteiger partial charge on any atom is -0.390 e. The van der Waals surface area contributed by atoms with Gasteiger partial charge in [0, 0.05) is 36.4 Å². The summed E-state index contributed by atoms with van der Waals surface area (Å²) in [7, 11) is 1.88. The zero-order valence-electron chi connectivity index (χ0n) is 14.6. The van der Waals surface area contributed by atoms with Gasteiger partial charge in [-0.15, -0.1) is 5.10 Å². The van der Waals surface area contributed by atoms with E-state index in [9.17, 15) is 5.11 Å². The molecule has 0 unspecified atom stereocenters. The van der Waals surface area contributed by atoms with Crippen molar-refractivity contribution >= 4 is 28.0 Å². The van der Waals surface area contributed by atoms with E-state index >= 15 is 0 Å². The van der Waals surface area contributed by atoms with Crippen LogP contribution in [0.5, 0.6) is 0 Å². The average Bonchev–Trinajstić information content (AvgIpc) is 3.16. The normalized spacial score (nSPS) is 22.7. The van der Waals surface area contributed by atoms with Gasteiger partial charge in [0.05, 0.1) is 11.1 Å². The predicted molar refractivity (Wildman–Crippen MR) is 98.7 cm³/mol. The van der Waals surface area contributed by atoms with Gasteiger partial charge in [0.2, 0.25) is 5.95 Å². The summed E-state index contributed by atoms with van der Waals surface area (Å²) in [6.07, 6.45) is 5.20. The zero-order chi connectivity index (χ0) is 17.9. The lowest BCUT2D eigenvalue weighted by molar-refractivity contribution is -0.0235. The molecule has 1 saturated carbocycles. The second-order valence-electron chi connectivity index (χ2n) is 7.32. The maximum Gasteiger partial charge on any atom is 0.224 e. The van der Waals surface area contributed by atoms with E-state index in [0.717, 1.165) is 33.2 Å². The third-order valence-electron chi connectivity index (χ3n) is 5.06. The van der Waals surface area contributed by atoms with Crippen molar-refractivity contribution in [2.45, 2.75) is 31.4 Å². The lowest BCUT2D eigenvalue weighted by Gasteiger charge is -2.41. The molecule has 0 aliphatic heterocycles. The highest BCUT2D eigenvalue weighted by Gasteiger charge is 2.38. The summed E-state index contributed by atoms with van der Waals surface area (Å²) < 4.78 is 1.76. The fourth-order valence-electron chi connectivity index (χ4n) is 3.70. The van der Waals surface area contributed by atoms with Crippen molar-refractivity contribution < 1.29 is 5.11 Å². The fraction of sp³-hybridized carbons (Fsp3) is 0.333. The van der Waals surface area contributed by atoms with Crippen molar-refractivity contribution in [2.75, 3.05) is 5.32 Å². The summed E-state index contributed by atoms with van der Waals surface area (Å²) >= 11 is 0. The van der Waals surface area contributed by atoms with Crippen LogP contribution < -0.4 is 5.32 Å². The van der Waals surface area contributed by atoms with E-state index in [1.807, 2.05) is 38.5 Å². The molecule has 26 heavy (non-hydrogen) atoms. The first-order chi connectivity index (χ1) is 12.5. The van der Waals surface area contributed by atoms with E-state index in [2.05, 4.69) is 36.6 Å². The van der Waals surface area contributed by atoms with Crippen LogP contribution in [0.25, 0.3) is 33.2 Å². The van der Waals surface area contributed by atoms with E-state index in [-0.39, 0.29) is 6.04 Å². The second kappa shape index (κ2) is 5.25. The zero-order valence-corrected chi connectivity index (χ0v) is 14.6. The molecule has 3 aromatic heterocycles. The van der Waals surface area contributed by atoms with Gasteiger partial charge in [-0.1, -0.05) is 11.3 Å². The molecule has 1 aliphatic carbocycles. The summed E-state index contributed by atoms with van der Waals surface area (Å²) in [6.45, 7) is 1.85. The van der Waals surface area contributed by atoms with E-state index in [4.69, 9.17) is 0 Å². The van der Waals surface area contributed by atoms with Gasteiger partial charge in [0.1, 0.15) is 11.2 Å². The smallest absolute Gasteiger partial charge is 0.224 e. The molecule has 3 N–H and O–H groups in total. The number of aromatic amines is 1. The molecule has 4 aromatic rings. The summed E-state index contributed by atoms with van der Waals surface area (Å²) in [4.78, 5) is 12.3. The summed E-state index contributed by atoms with van der Waals surface area (Å²) in [5, 5.41) is 22.3. The molecule has 3 heterocycles. The Morgan fingerprint density at radius 1 is 1.35 bits per heavy atom. The van der Waals surface area contributed by atoms with Gasteiger partial charge in [0.15, 0.2) is 0 Å². The molecule has 0 atom stereocenters. The molecular formula is C18H19N7O. The van der Waals surface area contributed by atoms with Crippen LogP contribution in [0, 0.1) is 0 Å². The number of H-pyrrole nitrogens is 1. The lowest BCUT2D eigenvalue weighted by Crippen LogP contribution is -2.48. The van der Waals surface area contributed by atoms with Gasteiger partial charge in [0.25, 0.3) is 0 Å². The van der Waals surface area contributed by atoms with E-state index in [1.165, 1.54) is 0 Å². The monoisotopic (exact) mass is 349 g/mol. The Balaban J connectivity index is 1.48. The third-order valence-corrected chi connectivity index (χ3v) is 5.06. The molecule has 8 nitrogen and oxygen atoms in total. The van der Waals surface area contributed by atoms with Crippen molar-refractivity contribution in [2.24, 2.45) is 7.05 Å². The molecule has 0 bridgehead atoms. The molecule has 1 fully saturated rings. The van der Waals surface area contributed by atoms with Gasteiger partial charge >= 0.3 is 0 Å². The summed E-state index contributed by atoms with van der Waals surface area (Å²) in [5.41, 5.74) is 4.17. The van der Waals surface area contributed by atoms with Gasteiger partial charge in [-0.25, -0.2) is 9.67 Å². The molecule has 5 rings (SSSR count). The number of hydrogen-bond acceptors (Lipinski definition) is 6. The Labute approximate surface area is 149 Å². The van der Waals surface area contributed by atoms with Crippen LogP contribution >= 0.6 is 0 Å². The number of fused-ring (bicyclic) bond motifs is 2. The van der Waals surface area contributed by atoms with Crippen LogP contribution in [-0.4, -0.2) is 46.7 Å². The van der Waals surface area contributed by atoms with E-state index in [1.54, 1.807) is 4.68 Å². The molecular weight excluding hydrogens is 330 g/mol. The van der Waals surface area contributed by atoms with E-state index in [0.29, 0.717) is 18.8 Å². The highest BCUT2D eigenvalue weighted by Crippen LogP contribution is 2.34. The number of benzene rings is 1. The van der Waals surface area contributed by atoms with Crippen molar-refractivity contribution in [3.05, 3.63) is 30.6 Å². The lowest BCUT2D eigenvalue weighted by atomic mass is 9.77. The van der Waals surface area contributed by atoms with Gasteiger partial charge < -0.3 is 15.4 Å². The summed E-state index contributed by atoms with van der Waals surface area (Å²) in [6, 6.07) is 6.29. The standard InChI is InChI=1S/C18H19N7O/c1-18(26)6-11(7-18)21-17-20-9-13-12(8-19-16(13)22-17)10-3-4-14-15(5-10)25(2)24-23-14/h3-5,8-9,11,26H,6-7H2,1-2H3,(H2,19,20,21,22)/t11-,18+. The number of aliphatic hydroxyl groups is 1. The topological polar surface area (TPSA) is 105 Å². The molecule has 1 aliphatic rings. The number of rotatable bonds is 3. The Kier molecular flexibility index (Phi) is 3.08. The maximum atomic E-state index is 9.84. The first kappa shape index (κ1) is 15.3. The Hall–Kier alpha value is -3.00. The molecule has 0 spiro atoms. The summed E-state index contributed by atoms with van der Waals surface area (Å²) in [5.74, 6) is 0.581. The van der Waals surface area contributed by atoms with E-state index < -0.39 is 5.60 Å². The number of nitrogens with zero attached hydrogens (tertiary/aromatic N) is 5. The van der Waals surface area contributed by atoms with Crippen molar-refractivity contribution in [1.29, 1.82) is 0 Å². The quantitative estimate of drug-likeness (QED) is 0.524. The molecule has 8 heteroatoms. The Morgan fingerprint density at radius 2 is 2.19 bits per heavy atom. The molecule has 132 valence electrons. The van der Waals surface area contributed by atoms with Crippen LogP contribution in [0.1, 0.15) is 19.8 Å². The predicted octanol–water partition coefficient (Wildman–Crippen LogP) is 2.23. The third kappa shape index (κ3) is 2.41. The van der Waals surface area contributed by atoms with Crippen LogP contribution in [0.2, 0.25) is 0 Å². The van der Waals surface area contributed by atoms with Crippen LogP contribution in [-0.2, 0) is 7.05 Å². The molecule has 0 saturated heterocycles. The first-order valence-corrected chi connectivity index (χ1v) is 8.61. The number of anilines is 1. The largest absolute Gasteiger partial charge is 0.390 e. The SMILES string of the molecule is Cn1nnc2ccc(-c3c[nH]c4nc(N[C@H]5C[C@@](C)(O)C5)ncc34)cc21. The molecule has 0 amide bonds. The second-order valence-corrected chi connectivity index (χ2v) is 7.32. The highest BCUT2D eigenvalue weighted by atomic mass is 16.3. The first-order valence-electron chi connectivity index (χ1n) is 8.61. The minimum atomic E-state index is -0.569. The molecule has 1 aromatic carbocycles. The van der Waals surface area contributed by atoms with Crippen LogP contribution in [0.4, 0.5) is 5.95 Å². The van der Waals surface area contributed by atoms with Crippen molar-refractivity contribution in [3.8, 4) is 11.1 Å². The Morgan fingerprint density at radius 3 is 3.00 bits per heavy atom. The van der Waals surface area contributed by atoms with Crippen molar-refractivity contribution in [1.82, 2.24) is 29.9 Å². The average molecular weight is 349 g/mol. The molecule has 0 radical (unpaired) electrons. The van der Waals surface area contributed by atoms with Gasteiger partial charge in [-0.05, 0) is 37.5 Å². The number of aryl methyl sites for hydroxylation is 1. The minimum absolute atomic E-state index is 0.219. The maximum absolute atomic E-state index is 9.84. The van der Waals surface area contributed by atoms with Crippen LogP contribution in [0.15, 0.2) is 30.6 Å². The van der Waals surface area contributed by atoms with Gasteiger partial charge in [-0.2, -0.15) is 4.98 Å². The number of aromatic nitrogens is 6.